The minimum atomic E-state index is -5.95. The molecule has 0 saturated carbocycles. The molecule has 1 amide bonds. The van der Waals surface area contributed by atoms with Gasteiger partial charge in [0.1, 0.15) is 11.4 Å². The maximum absolute atomic E-state index is 13.8. The molecule has 2 aromatic carbocycles. The number of allylic oxidation sites excluding steroid dienone is 2. The Kier molecular flexibility index (Phi) is 7.51. The second-order valence-electron chi connectivity index (χ2n) is 8.24. The van der Waals surface area contributed by atoms with Gasteiger partial charge in [0.05, 0.1) is 0 Å². The molecule has 2 unspecified atom stereocenters. The third-order valence-electron chi connectivity index (χ3n) is 6.22. The first-order chi connectivity index (χ1) is 16.9. The lowest BCUT2D eigenvalue weighted by Gasteiger charge is -2.44. The van der Waals surface area contributed by atoms with E-state index in [-0.39, 0.29) is 30.4 Å². The van der Waals surface area contributed by atoms with Gasteiger partial charge < -0.3 is 14.7 Å². The minimum absolute atomic E-state index is 0. The Bertz CT molecular complexity index is 1400. The Balaban J connectivity index is 0.00000380. The van der Waals surface area contributed by atoms with Crippen molar-refractivity contribution in [1.82, 2.24) is 4.90 Å². The molecule has 198 valence electrons. The summed E-state index contributed by atoms with van der Waals surface area (Å²) in [7, 11) is -3.16. The number of nitrogens with two attached hydrogens (primary N) is 1. The highest BCUT2D eigenvalue weighted by atomic mass is 35.5. The topological polar surface area (TPSA) is 111 Å². The first kappa shape index (κ1) is 28.2. The van der Waals surface area contributed by atoms with Gasteiger partial charge in [-0.25, -0.2) is 4.99 Å². The monoisotopic (exact) mass is 557 g/mol. The van der Waals surface area contributed by atoms with Crippen LogP contribution in [0.25, 0.3) is 5.57 Å². The lowest BCUT2D eigenvalue weighted by atomic mass is 9.68. The number of amides is 1. The molecule has 0 bridgehead atoms. The Labute approximate surface area is 217 Å². The number of guanidine groups is 1. The predicted molar refractivity (Wildman–Crippen MR) is 133 cm³/mol. The number of nitrogens with zero attached hydrogens (tertiary/aromatic N) is 2. The maximum Gasteiger partial charge on any atom is 0.534 e. The van der Waals surface area contributed by atoms with Crippen LogP contribution >= 0.6 is 12.4 Å². The summed E-state index contributed by atoms with van der Waals surface area (Å²) >= 11 is 0. The summed E-state index contributed by atoms with van der Waals surface area (Å²) in [5.41, 5.74) is -1.27. The van der Waals surface area contributed by atoms with Crippen molar-refractivity contribution in [2.75, 3.05) is 14.2 Å². The number of aliphatic imine (C=N–C) groups is 1. The number of hydrogen-bond donors (Lipinski definition) is 1. The second-order valence-corrected chi connectivity index (χ2v) is 9.78. The summed E-state index contributed by atoms with van der Waals surface area (Å²) in [5.74, 6) is -1.41. The van der Waals surface area contributed by atoms with E-state index in [0.717, 1.165) is 28.2 Å². The summed E-state index contributed by atoms with van der Waals surface area (Å²) in [4.78, 5) is 19.3. The van der Waals surface area contributed by atoms with Gasteiger partial charge in [-0.3, -0.25) is 9.69 Å². The van der Waals surface area contributed by atoms with Crippen LogP contribution in [0.5, 0.6) is 5.75 Å². The largest absolute Gasteiger partial charge is 0.534 e. The van der Waals surface area contributed by atoms with E-state index in [2.05, 4.69) is 9.18 Å². The molecule has 4 rings (SSSR count). The molecule has 13 heteroatoms. The van der Waals surface area contributed by atoms with E-state index < -0.39 is 38.4 Å². The zero-order chi connectivity index (χ0) is 26.4. The molecule has 8 nitrogen and oxygen atoms in total. The van der Waals surface area contributed by atoms with Gasteiger partial charge in [-0.2, -0.15) is 21.6 Å². The summed E-state index contributed by atoms with van der Waals surface area (Å²) in [5, 5.41) is 0. The number of benzene rings is 2. The molecule has 0 spiro atoms. The fourth-order valence-electron chi connectivity index (χ4n) is 4.40. The van der Waals surface area contributed by atoms with E-state index in [1.807, 2.05) is 36.4 Å². The molecule has 1 aliphatic heterocycles. The van der Waals surface area contributed by atoms with Crippen molar-refractivity contribution in [2.24, 2.45) is 10.7 Å². The first-order valence-corrected chi connectivity index (χ1v) is 12.0. The number of likely N-dealkylation sites (N-methyl/N-ethyl adjacent to an activating group) is 1. The van der Waals surface area contributed by atoms with Crippen LogP contribution in [-0.2, 0) is 25.2 Å². The van der Waals surface area contributed by atoms with Crippen LogP contribution in [0.1, 0.15) is 17.5 Å². The number of carbonyl (C=O) groups is 1. The van der Waals surface area contributed by atoms with E-state index in [4.69, 9.17) is 10.5 Å². The van der Waals surface area contributed by atoms with Gasteiger partial charge in [0, 0.05) is 20.6 Å². The van der Waals surface area contributed by atoms with Gasteiger partial charge >= 0.3 is 15.6 Å². The lowest BCUT2D eigenvalue weighted by Crippen LogP contribution is -2.57. The molecule has 0 fully saturated rings. The zero-order valence-corrected chi connectivity index (χ0v) is 21.2. The predicted octanol–water partition coefficient (Wildman–Crippen LogP) is 3.75. The van der Waals surface area contributed by atoms with Gasteiger partial charge in [-0.15, -0.1) is 12.4 Å². The number of rotatable bonds is 6. The van der Waals surface area contributed by atoms with E-state index in [9.17, 15) is 26.4 Å². The number of hydrogen-bond acceptors (Lipinski definition) is 7. The normalized spacial score (nSPS) is 23.8. The van der Waals surface area contributed by atoms with Crippen LogP contribution in [0.15, 0.2) is 77.8 Å². The number of halogens is 4. The van der Waals surface area contributed by atoms with E-state index in [0.29, 0.717) is 0 Å². The van der Waals surface area contributed by atoms with Gasteiger partial charge in [0.25, 0.3) is 5.91 Å². The highest BCUT2D eigenvalue weighted by molar-refractivity contribution is 7.88. The molecule has 37 heavy (non-hydrogen) atoms. The molecule has 2 aliphatic rings. The summed E-state index contributed by atoms with van der Waals surface area (Å²) in [6, 6.07) is 14.1. The second kappa shape index (κ2) is 9.84. The molecule has 2 N–H and O–H groups in total. The van der Waals surface area contributed by atoms with Crippen molar-refractivity contribution in [3.63, 3.8) is 0 Å². The molecule has 1 heterocycles. The van der Waals surface area contributed by atoms with Gasteiger partial charge in [0.15, 0.2) is 5.96 Å². The Morgan fingerprint density at radius 3 is 2.35 bits per heavy atom. The fraction of sp³-hybridized carbons (Fsp3) is 0.250. The quantitative estimate of drug-likeness (QED) is 0.428. The lowest BCUT2D eigenvalue weighted by molar-refractivity contribution is -0.140. The Hall–Kier alpha value is -3.35. The molecule has 0 saturated heterocycles. The number of methoxy groups -OCH3 is 1. The van der Waals surface area contributed by atoms with E-state index in [1.165, 1.54) is 26.3 Å². The molecule has 0 aromatic heterocycles. The van der Waals surface area contributed by atoms with Crippen molar-refractivity contribution >= 4 is 40.0 Å². The number of carbonyl (C=O) groups excluding carboxylic acids is 1. The minimum Gasteiger partial charge on any atom is -0.376 e. The smallest absolute Gasteiger partial charge is 0.376 e. The third-order valence-corrected chi connectivity index (χ3v) is 7.20. The average molecular weight is 558 g/mol. The average Bonchev–Trinajstić information content (AvgIpc) is 3.09. The SMILES string of the molecule is COC1(C2(c3cccc(OS(=O)(=O)C(F)(F)F)c3)N=C(N)N(C)C2=O)C=CC=C(c2ccccc2)C1.Cl. The van der Waals surface area contributed by atoms with Crippen molar-refractivity contribution in [3.8, 4) is 5.75 Å². The third kappa shape index (κ3) is 4.60. The molecule has 2 atom stereocenters. The molecular formula is C24H23ClF3N3O5S. The summed E-state index contributed by atoms with van der Waals surface area (Å²) in [6.07, 6.45) is 5.33. The van der Waals surface area contributed by atoms with Crippen molar-refractivity contribution in [2.45, 2.75) is 23.1 Å². The van der Waals surface area contributed by atoms with Crippen molar-refractivity contribution in [1.29, 1.82) is 0 Å². The molecular weight excluding hydrogens is 535 g/mol. The summed E-state index contributed by atoms with van der Waals surface area (Å²) in [6.45, 7) is 0. The first-order valence-electron chi connectivity index (χ1n) is 10.6. The highest BCUT2D eigenvalue weighted by Gasteiger charge is 2.62. The van der Waals surface area contributed by atoms with Gasteiger partial charge in [0.2, 0.25) is 5.54 Å². The van der Waals surface area contributed by atoms with Crippen LogP contribution in [-0.4, -0.2) is 50.5 Å². The van der Waals surface area contributed by atoms with Crippen molar-refractivity contribution in [3.05, 3.63) is 84.0 Å². The van der Waals surface area contributed by atoms with E-state index in [1.54, 1.807) is 12.2 Å². The van der Waals surface area contributed by atoms with Crippen LogP contribution < -0.4 is 9.92 Å². The van der Waals surface area contributed by atoms with Crippen LogP contribution in [0.4, 0.5) is 13.2 Å². The van der Waals surface area contributed by atoms with Gasteiger partial charge in [-0.05, 0) is 34.9 Å². The van der Waals surface area contributed by atoms with E-state index >= 15 is 0 Å². The fourth-order valence-corrected chi connectivity index (χ4v) is 4.86. The number of ether oxygens (including phenoxy) is 1. The van der Waals surface area contributed by atoms with Crippen LogP contribution in [0, 0.1) is 0 Å². The Morgan fingerprint density at radius 2 is 1.78 bits per heavy atom. The molecule has 2 aromatic rings. The zero-order valence-electron chi connectivity index (χ0n) is 19.6. The van der Waals surface area contributed by atoms with Crippen molar-refractivity contribution < 1.29 is 35.3 Å². The number of alkyl halides is 3. The Morgan fingerprint density at radius 1 is 1.11 bits per heavy atom. The standard InChI is InChI=1S/C24H22F3N3O5S.ClH/c1-30-20(31)23(29-21(30)28,18-11-6-12-19(14-18)35-36(32,33)24(25,26)27)22(34-2)13-7-10-17(15-22)16-8-4-3-5-9-16;/h3-14H,15H2,1-2H3,(H2,28,29);1H. The highest BCUT2D eigenvalue weighted by Crippen LogP contribution is 2.50. The van der Waals surface area contributed by atoms with Crippen LogP contribution in [0.2, 0.25) is 0 Å². The van der Waals surface area contributed by atoms with Gasteiger partial charge in [-0.1, -0.05) is 54.6 Å². The molecule has 0 radical (unpaired) electrons. The maximum atomic E-state index is 13.8. The molecule has 1 aliphatic carbocycles. The van der Waals surface area contributed by atoms with Crippen LogP contribution in [0.3, 0.4) is 0 Å². The summed E-state index contributed by atoms with van der Waals surface area (Å²) < 4.78 is 72.3.